The number of halogens is 2. The summed E-state index contributed by atoms with van der Waals surface area (Å²) in [4.78, 5) is 4.21. The van der Waals surface area contributed by atoms with Gasteiger partial charge in [-0.3, -0.25) is 4.55 Å². The van der Waals surface area contributed by atoms with E-state index in [4.69, 9.17) is 28.1 Å². The second-order valence-electron chi connectivity index (χ2n) is 4.81. The molecular weight excluding hydrogens is 315 g/mol. The second-order valence-corrected chi connectivity index (χ2v) is 7.23. The van der Waals surface area contributed by atoms with Gasteiger partial charge in [0.2, 0.25) is 0 Å². The molecule has 19 heavy (non-hydrogen) atoms. The van der Waals surface area contributed by atoms with Crippen LogP contribution >= 0.6 is 23.6 Å². The lowest BCUT2D eigenvalue weighted by Gasteiger charge is -2.26. The molecular formula is C9H16Cl2N4O3S. The molecule has 110 valence electrons. The fourth-order valence-corrected chi connectivity index (χ4v) is 1.98. The Balaban J connectivity index is 2.90. The van der Waals surface area contributed by atoms with Crippen molar-refractivity contribution in [3.8, 4) is 0 Å². The highest BCUT2D eigenvalue weighted by Crippen LogP contribution is 2.23. The van der Waals surface area contributed by atoms with Crippen LogP contribution in [0.2, 0.25) is 0 Å². The Kier molecular flexibility index (Phi) is 5.19. The summed E-state index contributed by atoms with van der Waals surface area (Å²) >= 11 is 11.5. The first kappa shape index (κ1) is 16.6. The van der Waals surface area contributed by atoms with E-state index in [1.807, 2.05) is 13.8 Å². The average molecular weight is 331 g/mol. The lowest BCUT2D eigenvalue weighted by atomic mass is 10.0. The molecule has 1 heterocycles. The number of hydrogen-bond donors (Lipinski definition) is 1. The van der Waals surface area contributed by atoms with Crippen molar-refractivity contribution in [1.29, 1.82) is 0 Å². The van der Waals surface area contributed by atoms with E-state index in [0.29, 0.717) is 18.1 Å². The topological polar surface area (TPSA) is 88.3 Å². The minimum atomic E-state index is -4.04. The van der Waals surface area contributed by atoms with Gasteiger partial charge in [-0.05, 0) is 44.3 Å². The van der Waals surface area contributed by atoms with Crippen molar-refractivity contribution in [3.05, 3.63) is 11.6 Å². The highest BCUT2D eigenvalue weighted by Gasteiger charge is 2.28. The first-order valence-electron chi connectivity index (χ1n) is 5.48. The molecule has 0 aliphatic carbocycles. The molecule has 10 heteroatoms. The van der Waals surface area contributed by atoms with Crippen LogP contribution in [0.1, 0.15) is 25.5 Å². The maximum atomic E-state index is 10.8. The van der Waals surface area contributed by atoms with Crippen LogP contribution in [0.4, 0.5) is 0 Å². The van der Waals surface area contributed by atoms with Crippen LogP contribution in [0.15, 0.2) is 0 Å². The molecule has 1 rings (SSSR count). The van der Waals surface area contributed by atoms with Crippen LogP contribution < -0.4 is 0 Å². The molecule has 0 saturated heterocycles. The molecule has 0 fully saturated rings. The Hall–Kier alpha value is -0.410. The summed E-state index contributed by atoms with van der Waals surface area (Å²) in [6.45, 7) is 5.34. The smallest absolute Gasteiger partial charge is 0.266 e. The Morgan fingerprint density at radius 1 is 1.42 bits per heavy atom. The van der Waals surface area contributed by atoms with E-state index in [9.17, 15) is 8.42 Å². The fourth-order valence-electron chi connectivity index (χ4n) is 1.46. The summed E-state index contributed by atoms with van der Waals surface area (Å²) in [5, 5.41) is 4.08. The van der Waals surface area contributed by atoms with Gasteiger partial charge in [-0.15, -0.1) is 3.94 Å². The molecule has 1 aromatic heterocycles. The van der Waals surface area contributed by atoms with Crippen molar-refractivity contribution in [1.82, 2.24) is 18.7 Å². The summed E-state index contributed by atoms with van der Waals surface area (Å²) in [5.41, 5.74) is -0.585. The van der Waals surface area contributed by atoms with Crippen LogP contribution in [0.3, 0.4) is 0 Å². The van der Waals surface area contributed by atoms with E-state index < -0.39 is 21.4 Å². The minimum absolute atomic E-state index is 0.0235. The molecule has 1 N–H and O–H groups in total. The normalized spacial score (nSPS) is 13.2. The molecule has 0 spiro atoms. The zero-order valence-corrected chi connectivity index (χ0v) is 13.2. The van der Waals surface area contributed by atoms with Crippen LogP contribution in [0, 0.1) is 6.92 Å². The Bertz CT molecular complexity index is 542. The van der Waals surface area contributed by atoms with Gasteiger partial charge in [0.1, 0.15) is 11.6 Å². The zero-order valence-electron chi connectivity index (χ0n) is 10.8. The summed E-state index contributed by atoms with van der Waals surface area (Å²) in [7, 11) is -4.04. The average Bonchev–Trinajstić information content (AvgIpc) is 2.53. The van der Waals surface area contributed by atoms with E-state index in [-0.39, 0.29) is 6.54 Å². The summed E-state index contributed by atoms with van der Waals surface area (Å²) in [5.74, 6) is 0.642. The fraction of sp³-hybridized carbons (Fsp3) is 0.778. The highest BCUT2D eigenvalue weighted by molar-refractivity contribution is 7.85. The van der Waals surface area contributed by atoms with Gasteiger partial charge in [0, 0.05) is 6.42 Å². The minimum Gasteiger partial charge on any atom is -0.285 e. The standard InChI is InChI=1S/C9H16Cl2N4O3S/c1-7-12-8(6-9(2,3)15(10)11)14(13-7)4-5-19(16,17)18/h4-6H2,1-3H3,(H,16,17,18). The molecule has 0 atom stereocenters. The van der Waals surface area contributed by atoms with Crippen molar-refractivity contribution >= 4 is 33.7 Å². The van der Waals surface area contributed by atoms with E-state index >= 15 is 0 Å². The van der Waals surface area contributed by atoms with Crippen molar-refractivity contribution in [2.75, 3.05) is 5.75 Å². The SMILES string of the molecule is Cc1nc(CC(C)(C)N(Cl)Cl)n(CCS(=O)(=O)O)n1. The van der Waals surface area contributed by atoms with Gasteiger partial charge in [0.05, 0.1) is 17.8 Å². The van der Waals surface area contributed by atoms with Gasteiger partial charge < -0.3 is 0 Å². The lowest BCUT2D eigenvalue weighted by Crippen LogP contribution is -2.35. The molecule has 0 saturated carbocycles. The number of rotatable bonds is 6. The molecule has 0 bridgehead atoms. The molecule has 0 aliphatic rings. The zero-order chi connectivity index (χ0) is 14.8. The number of hydrogen-bond acceptors (Lipinski definition) is 5. The first-order valence-corrected chi connectivity index (χ1v) is 7.77. The molecule has 0 unspecified atom stereocenters. The van der Waals surface area contributed by atoms with Crippen LogP contribution in [-0.4, -0.2) is 43.0 Å². The third-order valence-electron chi connectivity index (χ3n) is 2.46. The van der Waals surface area contributed by atoms with E-state index in [0.717, 1.165) is 3.94 Å². The van der Waals surface area contributed by atoms with Gasteiger partial charge >= 0.3 is 0 Å². The number of aromatic nitrogens is 3. The van der Waals surface area contributed by atoms with Gasteiger partial charge in [-0.25, -0.2) is 9.67 Å². The van der Waals surface area contributed by atoms with Crippen molar-refractivity contribution in [2.45, 2.75) is 39.3 Å². The molecule has 7 nitrogen and oxygen atoms in total. The molecule has 1 aromatic rings. The third kappa shape index (κ3) is 5.23. The van der Waals surface area contributed by atoms with Crippen molar-refractivity contribution in [2.24, 2.45) is 0 Å². The van der Waals surface area contributed by atoms with Crippen LogP contribution in [0.5, 0.6) is 0 Å². The molecule has 0 aromatic carbocycles. The highest BCUT2D eigenvalue weighted by atomic mass is 35.5. The van der Waals surface area contributed by atoms with Gasteiger partial charge in [0.15, 0.2) is 0 Å². The predicted molar refractivity (Wildman–Crippen MR) is 72.5 cm³/mol. The monoisotopic (exact) mass is 330 g/mol. The molecule has 0 aliphatic heterocycles. The van der Waals surface area contributed by atoms with E-state index in [1.165, 1.54) is 4.68 Å². The number of nitrogens with zero attached hydrogens (tertiary/aromatic N) is 4. The van der Waals surface area contributed by atoms with Gasteiger partial charge in [0.25, 0.3) is 10.1 Å². The van der Waals surface area contributed by atoms with Crippen molar-refractivity contribution in [3.63, 3.8) is 0 Å². The van der Waals surface area contributed by atoms with Crippen LogP contribution in [-0.2, 0) is 23.1 Å². The summed E-state index contributed by atoms with van der Waals surface area (Å²) < 4.78 is 32.7. The van der Waals surface area contributed by atoms with Gasteiger partial charge in [-0.2, -0.15) is 13.5 Å². The van der Waals surface area contributed by atoms with E-state index in [2.05, 4.69) is 10.1 Å². The second kappa shape index (κ2) is 5.92. The maximum Gasteiger partial charge on any atom is 0.266 e. The molecule has 0 radical (unpaired) electrons. The Labute approximate surface area is 122 Å². The largest absolute Gasteiger partial charge is 0.285 e. The predicted octanol–water partition coefficient (Wildman–Crippen LogP) is 1.41. The number of aryl methyl sites for hydroxylation is 2. The Morgan fingerprint density at radius 2 is 2.00 bits per heavy atom. The van der Waals surface area contributed by atoms with Crippen molar-refractivity contribution < 1.29 is 13.0 Å². The first-order chi connectivity index (χ1) is 8.51. The van der Waals surface area contributed by atoms with Crippen LogP contribution in [0.25, 0.3) is 0 Å². The Morgan fingerprint density at radius 3 is 2.47 bits per heavy atom. The molecule has 0 amide bonds. The maximum absolute atomic E-state index is 10.8. The third-order valence-corrected chi connectivity index (χ3v) is 4.08. The van der Waals surface area contributed by atoms with Gasteiger partial charge in [-0.1, -0.05) is 0 Å². The lowest BCUT2D eigenvalue weighted by molar-refractivity contribution is 0.336. The summed E-state index contributed by atoms with van der Waals surface area (Å²) in [6.07, 6.45) is 0.381. The summed E-state index contributed by atoms with van der Waals surface area (Å²) in [6, 6.07) is 0. The van der Waals surface area contributed by atoms with E-state index in [1.54, 1.807) is 6.92 Å². The quantitative estimate of drug-likeness (QED) is 0.626.